The molecule has 0 radical (unpaired) electrons. The van der Waals surface area contributed by atoms with Crippen molar-refractivity contribution in [2.75, 3.05) is 13.2 Å². The first-order valence-electron chi connectivity index (χ1n) is 7.66. The SMILES string of the molecule is Cc1ccc(C)c(OCC(=O)NNC(=O)CNC(=O)c2ccc(Br)o2)c1. The molecule has 8 nitrogen and oxygen atoms in total. The van der Waals surface area contributed by atoms with E-state index in [9.17, 15) is 14.4 Å². The van der Waals surface area contributed by atoms with Gasteiger partial charge in [0.2, 0.25) is 0 Å². The zero-order valence-electron chi connectivity index (χ0n) is 14.2. The first kappa shape index (κ1) is 19.5. The van der Waals surface area contributed by atoms with E-state index in [-0.39, 0.29) is 18.9 Å². The Hall–Kier alpha value is -2.81. The summed E-state index contributed by atoms with van der Waals surface area (Å²) in [7, 11) is 0. The Morgan fingerprint density at radius 1 is 1.08 bits per heavy atom. The third-order valence-electron chi connectivity index (χ3n) is 3.25. The first-order valence-corrected chi connectivity index (χ1v) is 8.45. The molecule has 0 aliphatic rings. The molecular weight excluding hydrogens is 406 g/mol. The number of hydrazine groups is 1. The molecule has 0 saturated heterocycles. The Labute approximate surface area is 158 Å². The van der Waals surface area contributed by atoms with Crippen LogP contribution in [0, 0.1) is 13.8 Å². The maximum Gasteiger partial charge on any atom is 0.287 e. The quantitative estimate of drug-likeness (QED) is 0.611. The van der Waals surface area contributed by atoms with Crippen molar-refractivity contribution in [2.24, 2.45) is 0 Å². The smallest absolute Gasteiger partial charge is 0.287 e. The number of furan rings is 1. The summed E-state index contributed by atoms with van der Waals surface area (Å²) in [6, 6.07) is 8.68. The van der Waals surface area contributed by atoms with Crippen LogP contribution in [0.25, 0.3) is 0 Å². The van der Waals surface area contributed by atoms with E-state index in [1.165, 1.54) is 6.07 Å². The average Bonchev–Trinajstić information content (AvgIpc) is 3.05. The molecule has 26 heavy (non-hydrogen) atoms. The minimum absolute atomic E-state index is 0.0654. The Balaban J connectivity index is 1.69. The molecule has 3 N–H and O–H groups in total. The van der Waals surface area contributed by atoms with Crippen LogP contribution < -0.4 is 20.9 Å². The highest BCUT2D eigenvalue weighted by Crippen LogP contribution is 2.18. The second kappa shape index (κ2) is 9.04. The molecular formula is C17H18BrN3O5. The van der Waals surface area contributed by atoms with E-state index in [4.69, 9.17) is 9.15 Å². The van der Waals surface area contributed by atoms with Gasteiger partial charge >= 0.3 is 0 Å². The monoisotopic (exact) mass is 423 g/mol. The lowest BCUT2D eigenvalue weighted by Crippen LogP contribution is -2.47. The molecule has 0 bridgehead atoms. The predicted octanol–water partition coefficient (Wildman–Crippen LogP) is 1.62. The van der Waals surface area contributed by atoms with Gasteiger partial charge in [0.15, 0.2) is 17.0 Å². The maximum absolute atomic E-state index is 11.7. The topological polar surface area (TPSA) is 110 Å². The lowest BCUT2D eigenvalue weighted by molar-refractivity contribution is -0.129. The highest BCUT2D eigenvalue weighted by molar-refractivity contribution is 9.10. The summed E-state index contributed by atoms with van der Waals surface area (Å²) in [5.41, 5.74) is 6.31. The van der Waals surface area contributed by atoms with Gasteiger partial charge in [0.05, 0.1) is 6.54 Å². The summed E-state index contributed by atoms with van der Waals surface area (Å²) in [5.74, 6) is -1.00. The number of aryl methyl sites for hydroxylation is 2. The molecule has 2 aromatic rings. The molecule has 1 aromatic carbocycles. The van der Waals surface area contributed by atoms with Crippen molar-refractivity contribution >= 4 is 33.7 Å². The van der Waals surface area contributed by atoms with Crippen LogP contribution in [-0.2, 0) is 9.59 Å². The summed E-state index contributed by atoms with van der Waals surface area (Å²) in [6.45, 7) is 3.21. The molecule has 0 spiro atoms. The van der Waals surface area contributed by atoms with Crippen molar-refractivity contribution in [3.63, 3.8) is 0 Å². The van der Waals surface area contributed by atoms with Crippen molar-refractivity contribution in [2.45, 2.75) is 13.8 Å². The Morgan fingerprint density at radius 3 is 2.50 bits per heavy atom. The van der Waals surface area contributed by atoms with E-state index in [0.717, 1.165) is 11.1 Å². The summed E-state index contributed by atoms with van der Waals surface area (Å²) in [4.78, 5) is 35.1. The summed E-state index contributed by atoms with van der Waals surface area (Å²) in [5, 5.41) is 2.36. The molecule has 0 aliphatic heterocycles. The molecule has 0 fully saturated rings. The summed E-state index contributed by atoms with van der Waals surface area (Å²) in [6.07, 6.45) is 0. The van der Waals surface area contributed by atoms with Crippen LogP contribution in [-0.4, -0.2) is 30.9 Å². The normalized spacial score (nSPS) is 10.1. The van der Waals surface area contributed by atoms with E-state index in [1.54, 1.807) is 6.07 Å². The molecule has 2 rings (SSSR count). The maximum atomic E-state index is 11.7. The number of nitrogens with one attached hydrogen (secondary N) is 3. The number of ether oxygens (including phenoxy) is 1. The number of carbonyl (C=O) groups is 3. The molecule has 9 heteroatoms. The Morgan fingerprint density at radius 2 is 1.81 bits per heavy atom. The van der Waals surface area contributed by atoms with Crippen LogP contribution in [0.4, 0.5) is 0 Å². The lowest BCUT2D eigenvalue weighted by Gasteiger charge is -2.11. The van der Waals surface area contributed by atoms with Crippen molar-refractivity contribution in [1.29, 1.82) is 0 Å². The average molecular weight is 424 g/mol. The molecule has 138 valence electrons. The van der Waals surface area contributed by atoms with Gasteiger partial charge in [-0.25, -0.2) is 0 Å². The molecule has 0 unspecified atom stereocenters. The molecule has 1 heterocycles. The zero-order valence-corrected chi connectivity index (χ0v) is 15.8. The molecule has 0 atom stereocenters. The summed E-state index contributed by atoms with van der Waals surface area (Å²) >= 11 is 3.08. The van der Waals surface area contributed by atoms with Gasteiger partial charge in [-0.05, 0) is 59.1 Å². The fourth-order valence-corrected chi connectivity index (χ4v) is 2.22. The minimum atomic E-state index is -0.593. The third-order valence-corrected chi connectivity index (χ3v) is 3.68. The number of hydrogen-bond acceptors (Lipinski definition) is 5. The minimum Gasteiger partial charge on any atom is -0.483 e. The van der Waals surface area contributed by atoms with Gasteiger partial charge in [0, 0.05) is 0 Å². The van der Waals surface area contributed by atoms with E-state index in [1.807, 2.05) is 32.0 Å². The van der Waals surface area contributed by atoms with E-state index in [0.29, 0.717) is 10.4 Å². The van der Waals surface area contributed by atoms with Gasteiger partial charge in [-0.3, -0.25) is 25.2 Å². The Kier molecular flexibility index (Phi) is 6.79. The van der Waals surface area contributed by atoms with Crippen molar-refractivity contribution in [1.82, 2.24) is 16.2 Å². The number of carbonyl (C=O) groups excluding carboxylic acids is 3. The van der Waals surface area contributed by atoms with E-state index < -0.39 is 17.7 Å². The molecule has 3 amide bonds. The largest absolute Gasteiger partial charge is 0.483 e. The number of hydrogen-bond donors (Lipinski definition) is 3. The van der Waals surface area contributed by atoms with Gasteiger partial charge in [-0.1, -0.05) is 12.1 Å². The second-order valence-corrected chi connectivity index (χ2v) is 6.22. The molecule has 0 saturated carbocycles. The fourth-order valence-electron chi connectivity index (χ4n) is 1.91. The standard InChI is InChI=1S/C17H18BrN3O5/c1-10-3-4-11(2)13(7-10)25-9-16(23)21-20-15(22)8-19-17(24)12-5-6-14(18)26-12/h3-7H,8-9H2,1-2H3,(H,19,24)(H,20,22)(H,21,23). The van der Waals surface area contributed by atoms with Crippen molar-refractivity contribution in [3.05, 3.63) is 51.9 Å². The highest BCUT2D eigenvalue weighted by Gasteiger charge is 2.12. The molecule has 1 aromatic heterocycles. The van der Waals surface area contributed by atoms with Crippen LogP contribution in [0.2, 0.25) is 0 Å². The van der Waals surface area contributed by atoms with Crippen LogP contribution in [0.3, 0.4) is 0 Å². The van der Waals surface area contributed by atoms with Gasteiger partial charge in [-0.15, -0.1) is 0 Å². The number of amides is 3. The van der Waals surface area contributed by atoms with Crippen LogP contribution in [0.1, 0.15) is 21.7 Å². The number of benzene rings is 1. The van der Waals surface area contributed by atoms with E-state index >= 15 is 0 Å². The van der Waals surface area contributed by atoms with Crippen LogP contribution in [0.5, 0.6) is 5.75 Å². The summed E-state index contributed by atoms with van der Waals surface area (Å²) < 4.78 is 10.9. The fraction of sp³-hybridized carbons (Fsp3) is 0.235. The first-order chi connectivity index (χ1) is 12.3. The van der Waals surface area contributed by atoms with E-state index in [2.05, 4.69) is 32.1 Å². The Bertz CT molecular complexity index is 818. The van der Waals surface area contributed by atoms with Gasteiger partial charge in [-0.2, -0.15) is 0 Å². The van der Waals surface area contributed by atoms with Gasteiger partial charge in [0.1, 0.15) is 5.75 Å². The highest BCUT2D eigenvalue weighted by atomic mass is 79.9. The van der Waals surface area contributed by atoms with Gasteiger partial charge in [0.25, 0.3) is 17.7 Å². The third kappa shape index (κ3) is 5.92. The zero-order chi connectivity index (χ0) is 19.1. The molecule has 0 aliphatic carbocycles. The van der Waals surface area contributed by atoms with Crippen molar-refractivity contribution in [3.8, 4) is 5.75 Å². The van der Waals surface area contributed by atoms with Crippen molar-refractivity contribution < 1.29 is 23.5 Å². The van der Waals surface area contributed by atoms with Crippen LogP contribution in [0.15, 0.2) is 39.4 Å². The van der Waals surface area contributed by atoms with Crippen LogP contribution >= 0.6 is 15.9 Å². The van der Waals surface area contributed by atoms with Gasteiger partial charge < -0.3 is 14.5 Å². The number of rotatable bonds is 6. The lowest BCUT2D eigenvalue weighted by atomic mass is 10.1. The predicted molar refractivity (Wildman–Crippen MR) is 96.4 cm³/mol. The number of halogens is 1. The second-order valence-electron chi connectivity index (χ2n) is 5.44.